The molecule has 2 aromatic carbocycles. The minimum absolute atomic E-state index is 0.0190. The first kappa shape index (κ1) is 21.3. The van der Waals surface area contributed by atoms with E-state index >= 15 is 0 Å². The van der Waals surface area contributed by atoms with Gasteiger partial charge >= 0.3 is 0 Å². The molecule has 7 heteroatoms. The van der Waals surface area contributed by atoms with Crippen LogP contribution < -0.4 is 0 Å². The zero-order chi connectivity index (χ0) is 21.1. The van der Waals surface area contributed by atoms with E-state index in [2.05, 4.69) is 0 Å². The Morgan fingerprint density at radius 3 is 2.30 bits per heavy atom. The second-order valence-corrected chi connectivity index (χ2v) is 10.1. The van der Waals surface area contributed by atoms with E-state index < -0.39 is 16.1 Å². The Morgan fingerprint density at radius 1 is 1.00 bits per heavy atom. The topological polar surface area (TPSA) is 87.1 Å². The summed E-state index contributed by atoms with van der Waals surface area (Å²) in [6, 6.07) is 14.6. The minimum atomic E-state index is -3.84. The van der Waals surface area contributed by atoms with Crippen LogP contribution in [0, 0.1) is 5.92 Å². The number of ether oxygens (including phenoxy) is 1. The fraction of sp³-hybridized carbons (Fsp3) is 0.478. The van der Waals surface area contributed by atoms with Gasteiger partial charge in [-0.2, -0.15) is 4.31 Å². The number of rotatable bonds is 7. The Kier molecular flexibility index (Phi) is 6.43. The molecular weight excluding hydrogens is 402 g/mol. The highest BCUT2D eigenvalue weighted by Gasteiger charge is 2.51. The largest absolute Gasteiger partial charge is 0.508 e. The quantitative estimate of drug-likeness (QED) is 0.703. The first-order chi connectivity index (χ1) is 14.5. The molecule has 0 bridgehead atoms. The Morgan fingerprint density at radius 2 is 1.67 bits per heavy atom. The fourth-order valence-electron chi connectivity index (χ4n) is 4.92. The van der Waals surface area contributed by atoms with Crippen LogP contribution in [0.15, 0.2) is 59.5 Å². The molecule has 162 valence electrons. The van der Waals surface area contributed by atoms with E-state index in [0.717, 1.165) is 31.2 Å². The van der Waals surface area contributed by atoms with Crippen molar-refractivity contribution in [3.8, 4) is 5.75 Å². The van der Waals surface area contributed by atoms with Gasteiger partial charge in [-0.25, -0.2) is 8.42 Å². The lowest BCUT2D eigenvalue weighted by Crippen LogP contribution is -2.48. The normalized spacial score (nSPS) is 25.7. The smallest absolute Gasteiger partial charge is 0.243 e. The minimum Gasteiger partial charge on any atom is -0.508 e. The van der Waals surface area contributed by atoms with Crippen LogP contribution in [0.4, 0.5) is 0 Å². The summed E-state index contributed by atoms with van der Waals surface area (Å²) >= 11 is 0. The standard InChI is InChI=1S/C23H29NO5S/c25-15-19-14-22(29-16-17-6-2-1-3-7-17)23(18-8-4-5-9-18)24(19)30(27,28)21-12-10-20(26)11-13-21/h1-3,6-7,10-13,18-19,22-23,25-26H,4-5,8-9,14-16H2/t19-,22+,23?/m1/s1. The van der Waals surface area contributed by atoms with Crippen LogP contribution in [-0.4, -0.2) is 47.7 Å². The molecule has 2 N–H and O–H groups in total. The molecule has 1 saturated carbocycles. The summed E-state index contributed by atoms with van der Waals surface area (Å²) in [5, 5.41) is 19.6. The zero-order valence-corrected chi connectivity index (χ0v) is 17.7. The molecule has 30 heavy (non-hydrogen) atoms. The van der Waals surface area contributed by atoms with Gasteiger partial charge in [-0.1, -0.05) is 43.2 Å². The molecule has 2 aliphatic rings. The molecule has 1 aliphatic carbocycles. The first-order valence-corrected chi connectivity index (χ1v) is 12.0. The van der Waals surface area contributed by atoms with Gasteiger partial charge in [0, 0.05) is 0 Å². The summed E-state index contributed by atoms with van der Waals surface area (Å²) in [6.07, 6.45) is 4.32. The second-order valence-electron chi connectivity index (χ2n) is 8.27. The summed E-state index contributed by atoms with van der Waals surface area (Å²) in [4.78, 5) is 0.130. The Bertz CT molecular complexity index is 926. The average Bonchev–Trinajstić information content (AvgIpc) is 3.41. The van der Waals surface area contributed by atoms with Crippen LogP contribution in [0.2, 0.25) is 0 Å². The lowest BCUT2D eigenvalue weighted by Gasteiger charge is -2.34. The SMILES string of the molecule is O=S(=O)(c1ccc(O)cc1)N1C(C2CCCC2)[C@@H](OCc2ccccc2)C[C@@H]1CO. The molecule has 1 heterocycles. The average molecular weight is 432 g/mol. The zero-order valence-electron chi connectivity index (χ0n) is 16.9. The Balaban J connectivity index is 1.65. The molecule has 1 aliphatic heterocycles. The van der Waals surface area contributed by atoms with Crippen LogP contribution in [0.3, 0.4) is 0 Å². The molecule has 0 amide bonds. The van der Waals surface area contributed by atoms with Crippen molar-refractivity contribution < 1.29 is 23.4 Å². The third kappa shape index (κ3) is 4.25. The van der Waals surface area contributed by atoms with Gasteiger partial charge in [0.15, 0.2) is 0 Å². The number of aromatic hydroxyl groups is 1. The number of aliphatic hydroxyl groups excluding tert-OH is 1. The summed E-state index contributed by atoms with van der Waals surface area (Å²) in [7, 11) is -3.84. The second kappa shape index (κ2) is 9.06. The monoisotopic (exact) mass is 431 g/mol. The maximum absolute atomic E-state index is 13.6. The van der Waals surface area contributed by atoms with Crippen LogP contribution in [0.25, 0.3) is 0 Å². The fourth-order valence-corrected chi connectivity index (χ4v) is 6.82. The van der Waals surface area contributed by atoms with E-state index in [4.69, 9.17) is 4.74 Å². The highest BCUT2D eigenvalue weighted by atomic mass is 32.2. The van der Waals surface area contributed by atoms with Gasteiger partial charge in [0.1, 0.15) is 5.75 Å². The summed E-state index contributed by atoms with van der Waals surface area (Å²) < 4.78 is 34.9. The molecule has 1 unspecified atom stereocenters. The van der Waals surface area contributed by atoms with Gasteiger partial charge in [-0.15, -0.1) is 0 Å². The molecule has 3 atom stereocenters. The van der Waals surface area contributed by atoms with Crippen molar-refractivity contribution in [2.45, 2.75) is 61.8 Å². The third-order valence-electron chi connectivity index (χ3n) is 6.35. The lowest BCUT2D eigenvalue weighted by atomic mass is 9.94. The molecule has 1 saturated heterocycles. The number of phenolic OH excluding ortho intramolecular Hbond substituents is 1. The molecule has 0 spiro atoms. The van der Waals surface area contributed by atoms with Gasteiger partial charge in [0.05, 0.1) is 36.3 Å². The van der Waals surface area contributed by atoms with Crippen LogP contribution >= 0.6 is 0 Å². The highest BCUT2D eigenvalue weighted by molar-refractivity contribution is 7.89. The number of benzene rings is 2. The molecule has 0 aromatic heterocycles. The summed E-state index contributed by atoms with van der Waals surface area (Å²) in [5.41, 5.74) is 1.04. The number of aliphatic hydroxyl groups is 1. The lowest BCUT2D eigenvalue weighted by molar-refractivity contribution is 0.00986. The molecule has 2 fully saturated rings. The molecule has 6 nitrogen and oxygen atoms in total. The van der Waals surface area contributed by atoms with E-state index in [1.807, 2.05) is 30.3 Å². The van der Waals surface area contributed by atoms with Gasteiger partial charge in [0.25, 0.3) is 0 Å². The number of phenols is 1. The Labute approximate surface area is 178 Å². The van der Waals surface area contributed by atoms with Crippen LogP contribution in [0.5, 0.6) is 5.75 Å². The predicted molar refractivity (Wildman–Crippen MR) is 113 cm³/mol. The van der Waals surface area contributed by atoms with Crippen molar-refractivity contribution in [1.29, 1.82) is 0 Å². The van der Waals surface area contributed by atoms with E-state index in [1.54, 1.807) is 0 Å². The van der Waals surface area contributed by atoms with E-state index in [9.17, 15) is 18.6 Å². The predicted octanol–water partition coefficient (Wildman–Crippen LogP) is 3.29. The highest BCUT2D eigenvalue weighted by Crippen LogP contribution is 2.42. The molecule has 4 rings (SSSR count). The van der Waals surface area contributed by atoms with E-state index in [-0.39, 0.29) is 35.3 Å². The van der Waals surface area contributed by atoms with Crippen LogP contribution in [-0.2, 0) is 21.4 Å². The third-order valence-corrected chi connectivity index (χ3v) is 8.32. The van der Waals surface area contributed by atoms with Gasteiger partial charge in [0.2, 0.25) is 10.0 Å². The molecular formula is C23H29NO5S. The van der Waals surface area contributed by atoms with Gasteiger partial charge in [-0.05, 0) is 55.0 Å². The maximum Gasteiger partial charge on any atom is 0.243 e. The van der Waals surface area contributed by atoms with Gasteiger partial charge < -0.3 is 14.9 Å². The van der Waals surface area contributed by atoms with E-state index in [1.165, 1.54) is 28.6 Å². The van der Waals surface area contributed by atoms with Crippen molar-refractivity contribution in [3.63, 3.8) is 0 Å². The Hall–Kier alpha value is -1.93. The number of hydrogen-bond acceptors (Lipinski definition) is 5. The van der Waals surface area contributed by atoms with E-state index in [0.29, 0.717) is 13.0 Å². The van der Waals surface area contributed by atoms with Crippen molar-refractivity contribution in [2.75, 3.05) is 6.61 Å². The molecule has 0 radical (unpaired) electrons. The van der Waals surface area contributed by atoms with Crippen molar-refractivity contribution >= 4 is 10.0 Å². The number of hydrogen-bond donors (Lipinski definition) is 2. The van der Waals surface area contributed by atoms with Gasteiger partial charge in [-0.3, -0.25) is 0 Å². The first-order valence-electron chi connectivity index (χ1n) is 10.6. The molecule has 2 aromatic rings. The van der Waals surface area contributed by atoms with Crippen LogP contribution in [0.1, 0.15) is 37.7 Å². The number of nitrogens with zero attached hydrogens (tertiary/aromatic N) is 1. The van der Waals surface area contributed by atoms with Crippen molar-refractivity contribution in [3.05, 3.63) is 60.2 Å². The maximum atomic E-state index is 13.6. The summed E-state index contributed by atoms with van der Waals surface area (Å²) in [5.74, 6) is 0.236. The van der Waals surface area contributed by atoms with Crippen molar-refractivity contribution in [2.24, 2.45) is 5.92 Å². The van der Waals surface area contributed by atoms with Crippen molar-refractivity contribution in [1.82, 2.24) is 4.31 Å². The number of sulfonamides is 1. The summed E-state index contributed by atoms with van der Waals surface area (Å²) in [6.45, 7) is 0.172.